The van der Waals surface area contributed by atoms with Crippen LogP contribution in [-0.2, 0) is 6.54 Å². The second-order valence-corrected chi connectivity index (χ2v) is 5.37. The molecule has 0 atom stereocenters. The minimum atomic E-state index is 0.521. The minimum Gasteiger partial charge on any atom is -0.476 e. The highest BCUT2D eigenvalue weighted by Gasteiger charge is 2.13. The Labute approximate surface area is 117 Å². The first-order chi connectivity index (χ1) is 8.95. The molecule has 1 aromatic rings. The second-order valence-electron chi connectivity index (χ2n) is 5.37. The third kappa shape index (κ3) is 4.80. The van der Waals surface area contributed by atoms with E-state index in [-0.39, 0.29) is 0 Å². The number of hydrogen-bond donors (Lipinski definition) is 1. The Morgan fingerprint density at radius 3 is 2.32 bits per heavy atom. The molecule has 2 N–H and O–H groups in total. The van der Waals surface area contributed by atoms with Crippen molar-refractivity contribution in [2.45, 2.75) is 53.2 Å². The maximum Gasteiger partial charge on any atom is 0.213 e. The van der Waals surface area contributed by atoms with Gasteiger partial charge in [0, 0.05) is 36.9 Å². The van der Waals surface area contributed by atoms with Crippen LogP contribution in [0.1, 0.15) is 39.0 Å². The van der Waals surface area contributed by atoms with Crippen LogP contribution in [-0.4, -0.2) is 35.1 Å². The number of aryl methyl sites for hydroxylation is 1. The van der Waals surface area contributed by atoms with Gasteiger partial charge in [-0.3, -0.25) is 4.90 Å². The molecule has 0 radical (unpaired) electrons. The molecule has 0 unspecified atom stereocenters. The van der Waals surface area contributed by atoms with Gasteiger partial charge in [0.05, 0.1) is 0 Å². The fraction of sp³-hybridized carbons (Fsp3) is 0.667. The summed E-state index contributed by atoms with van der Waals surface area (Å²) in [6.45, 7) is 12.9. The summed E-state index contributed by atoms with van der Waals surface area (Å²) in [5.74, 6) is 0.683. The van der Waals surface area contributed by atoms with Crippen LogP contribution in [0.5, 0.6) is 5.88 Å². The molecule has 0 aromatic carbocycles. The summed E-state index contributed by atoms with van der Waals surface area (Å²) in [6.07, 6.45) is 0. The van der Waals surface area contributed by atoms with Gasteiger partial charge in [0.2, 0.25) is 5.88 Å². The molecule has 0 saturated heterocycles. The minimum absolute atomic E-state index is 0.521. The number of aromatic nitrogens is 1. The third-order valence-electron chi connectivity index (χ3n) is 3.32. The van der Waals surface area contributed by atoms with E-state index in [0.29, 0.717) is 31.1 Å². The number of pyridine rings is 1. The summed E-state index contributed by atoms with van der Waals surface area (Å²) >= 11 is 0. The van der Waals surface area contributed by atoms with Crippen LogP contribution in [0.15, 0.2) is 12.1 Å². The van der Waals surface area contributed by atoms with Crippen molar-refractivity contribution < 1.29 is 4.74 Å². The van der Waals surface area contributed by atoms with Crippen LogP contribution in [0.25, 0.3) is 0 Å². The molecule has 0 spiro atoms. The summed E-state index contributed by atoms with van der Waals surface area (Å²) < 4.78 is 5.72. The molecular weight excluding hydrogens is 238 g/mol. The van der Waals surface area contributed by atoms with Crippen LogP contribution in [0.4, 0.5) is 0 Å². The average molecular weight is 265 g/mol. The summed E-state index contributed by atoms with van der Waals surface area (Å²) in [7, 11) is 0. The monoisotopic (exact) mass is 265 g/mol. The van der Waals surface area contributed by atoms with Crippen molar-refractivity contribution in [3.63, 3.8) is 0 Å². The number of hydrogen-bond acceptors (Lipinski definition) is 4. The van der Waals surface area contributed by atoms with Crippen molar-refractivity contribution in [2.75, 3.05) is 13.2 Å². The predicted molar refractivity (Wildman–Crippen MR) is 79.3 cm³/mol. The third-order valence-corrected chi connectivity index (χ3v) is 3.32. The van der Waals surface area contributed by atoms with E-state index in [0.717, 1.165) is 17.8 Å². The Bertz CT molecular complexity index is 383. The van der Waals surface area contributed by atoms with Crippen molar-refractivity contribution in [3.8, 4) is 5.88 Å². The molecule has 1 heterocycles. The summed E-state index contributed by atoms with van der Waals surface area (Å²) in [5.41, 5.74) is 7.64. The Morgan fingerprint density at radius 1 is 1.21 bits per heavy atom. The second kappa shape index (κ2) is 7.46. The van der Waals surface area contributed by atoms with Gasteiger partial charge in [0.15, 0.2) is 0 Å². The van der Waals surface area contributed by atoms with Crippen molar-refractivity contribution in [3.05, 3.63) is 23.4 Å². The van der Waals surface area contributed by atoms with Crippen LogP contribution >= 0.6 is 0 Å². The van der Waals surface area contributed by atoms with Gasteiger partial charge in [-0.15, -0.1) is 0 Å². The van der Waals surface area contributed by atoms with Crippen molar-refractivity contribution in [2.24, 2.45) is 5.73 Å². The number of nitrogens with two attached hydrogens (primary N) is 1. The highest BCUT2D eigenvalue weighted by atomic mass is 16.5. The molecule has 4 nitrogen and oxygen atoms in total. The first-order valence-corrected chi connectivity index (χ1v) is 7.00. The number of nitrogens with zero attached hydrogens (tertiary/aromatic N) is 2. The molecular formula is C15H27N3O. The van der Waals surface area contributed by atoms with Crippen LogP contribution in [0.3, 0.4) is 0 Å². The first kappa shape index (κ1) is 15.9. The molecule has 19 heavy (non-hydrogen) atoms. The molecule has 0 aliphatic rings. The standard InChI is InChI=1S/C15H27N3O/c1-11(2)18(12(3)4)8-9-19-15-7-6-14(10-16)13(5)17-15/h6-7,11-12H,8-10,16H2,1-5H3. The van der Waals surface area contributed by atoms with E-state index in [1.807, 2.05) is 19.1 Å². The Hall–Kier alpha value is -1.13. The van der Waals surface area contributed by atoms with E-state index in [1.54, 1.807) is 0 Å². The maximum absolute atomic E-state index is 5.72. The SMILES string of the molecule is Cc1nc(OCCN(C(C)C)C(C)C)ccc1CN. The lowest BCUT2D eigenvalue weighted by atomic mass is 10.2. The molecule has 1 rings (SSSR count). The predicted octanol–water partition coefficient (Wildman–Crippen LogP) is 2.35. The summed E-state index contributed by atoms with van der Waals surface area (Å²) in [6, 6.07) is 4.93. The van der Waals surface area contributed by atoms with Gasteiger partial charge in [0.1, 0.15) is 6.61 Å². The largest absolute Gasteiger partial charge is 0.476 e. The van der Waals surface area contributed by atoms with Gasteiger partial charge < -0.3 is 10.5 Å². The van der Waals surface area contributed by atoms with Crippen molar-refractivity contribution in [1.29, 1.82) is 0 Å². The molecule has 0 aliphatic carbocycles. The van der Waals surface area contributed by atoms with E-state index < -0.39 is 0 Å². The van der Waals surface area contributed by atoms with Gasteiger partial charge in [-0.1, -0.05) is 6.07 Å². The average Bonchev–Trinajstić information content (AvgIpc) is 2.33. The molecule has 0 fully saturated rings. The lowest BCUT2D eigenvalue weighted by molar-refractivity contribution is 0.140. The molecule has 1 aromatic heterocycles. The van der Waals surface area contributed by atoms with Crippen LogP contribution < -0.4 is 10.5 Å². The molecule has 0 saturated carbocycles. The van der Waals surface area contributed by atoms with Gasteiger partial charge in [-0.2, -0.15) is 0 Å². The van der Waals surface area contributed by atoms with Gasteiger partial charge in [-0.05, 0) is 40.2 Å². The Kier molecular flexibility index (Phi) is 6.25. The number of ether oxygens (including phenoxy) is 1. The number of rotatable bonds is 7. The quantitative estimate of drug-likeness (QED) is 0.822. The highest BCUT2D eigenvalue weighted by molar-refractivity contribution is 5.24. The van der Waals surface area contributed by atoms with E-state index >= 15 is 0 Å². The highest BCUT2D eigenvalue weighted by Crippen LogP contribution is 2.12. The Balaban J connectivity index is 2.51. The molecule has 4 heteroatoms. The van der Waals surface area contributed by atoms with E-state index in [1.165, 1.54) is 0 Å². The normalized spacial score (nSPS) is 11.6. The van der Waals surface area contributed by atoms with Crippen LogP contribution in [0.2, 0.25) is 0 Å². The van der Waals surface area contributed by atoms with Crippen molar-refractivity contribution >= 4 is 0 Å². The van der Waals surface area contributed by atoms with Gasteiger partial charge >= 0.3 is 0 Å². The lowest BCUT2D eigenvalue weighted by Gasteiger charge is -2.30. The summed E-state index contributed by atoms with van der Waals surface area (Å²) in [5, 5.41) is 0. The van der Waals surface area contributed by atoms with Crippen molar-refractivity contribution in [1.82, 2.24) is 9.88 Å². The van der Waals surface area contributed by atoms with E-state index in [4.69, 9.17) is 10.5 Å². The maximum atomic E-state index is 5.72. The molecule has 0 aliphatic heterocycles. The van der Waals surface area contributed by atoms with Crippen LogP contribution in [0, 0.1) is 6.92 Å². The Morgan fingerprint density at radius 2 is 1.84 bits per heavy atom. The smallest absolute Gasteiger partial charge is 0.213 e. The molecule has 0 amide bonds. The van der Waals surface area contributed by atoms with E-state index in [2.05, 4.69) is 37.6 Å². The van der Waals surface area contributed by atoms with Gasteiger partial charge in [-0.25, -0.2) is 4.98 Å². The topological polar surface area (TPSA) is 51.4 Å². The molecule has 0 bridgehead atoms. The van der Waals surface area contributed by atoms with E-state index in [9.17, 15) is 0 Å². The van der Waals surface area contributed by atoms with Gasteiger partial charge in [0.25, 0.3) is 0 Å². The lowest BCUT2D eigenvalue weighted by Crippen LogP contribution is -2.39. The zero-order chi connectivity index (χ0) is 14.4. The zero-order valence-corrected chi connectivity index (χ0v) is 12.8. The first-order valence-electron chi connectivity index (χ1n) is 7.00. The summed E-state index contributed by atoms with van der Waals surface area (Å²) in [4.78, 5) is 6.81. The zero-order valence-electron chi connectivity index (χ0n) is 12.8. The molecule has 108 valence electrons. The fourth-order valence-corrected chi connectivity index (χ4v) is 2.23. The fourth-order valence-electron chi connectivity index (χ4n) is 2.23.